The van der Waals surface area contributed by atoms with Gasteiger partial charge in [0.1, 0.15) is 0 Å². The second-order valence-corrected chi connectivity index (χ2v) is 6.03. The molecule has 0 amide bonds. The van der Waals surface area contributed by atoms with Crippen molar-refractivity contribution in [3.05, 3.63) is 35.5 Å². The van der Waals surface area contributed by atoms with E-state index in [9.17, 15) is 0 Å². The molecule has 1 fully saturated rings. The third-order valence-corrected chi connectivity index (χ3v) is 5.04. The first-order valence-corrected chi connectivity index (χ1v) is 7.47. The lowest BCUT2D eigenvalue weighted by Crippen LogP contribution is -2.17. The SMILES string of the molecule is c1ccc2c(c1)[N]C1=C2C(C2CCCCC2)CC1. The second kappa shape index (κ2) is 4.15. The summed E-state index contributed by atoms with van der Waals surface area (Å²) >= 11 is 0. The molecule has 18 heavy (non-hydrogen) atoms. The first-order valence-electron chi connectivity index (χ1n) is 7.47. The van der Waals surface area contributed by atoms with Crippen molar-refractivity contribution in [2.75, 3.05) is 0 Å². The van der Waals surface area contributed by atoms with Crippen LogP contribution in [0.25, 0.3) is 5.57 Å². The highest BCUT2D eigenvalue weighted by Crippen LogP contribution is 2.51. The molecule has 1 nitrogen and oxygen atoms in total. The van der Waals surface area contributed by atoms with Crippen molar-refractivity contribution in [1.82, 2.24) is 5.32 Å². The molecule has 0 bridgehead atoms. The maximum atomic E-state index is 4.84. The summed E-state index contributed by atoms with van der Waals surface area (Å²) in [5.74, 6) is 1.75. The Bertz CT molecular complexity index is 494. The normalized spacial score (nSPS) is 27.0. The van der Waals surface area contributed by atoms with E-state index in [-0.39, 0.29) is 0 Å². The fourth-order valence-corrected chi connectivity index (χ4v) is 4.21. The highest BCUT2D eigenvalue weighted by atomic mass is 14.9. The van der Waals surface area contributed by atoms with E-state index in [0.29, 0.717) is 0 Å². The van der Waals surface area contributed by atoms with Crippen molar-refractivity contribution >= 4 is 11.3 Å². The van der Waals surface area contributed by atoms with Crippen molar-refractivity contribution in [2.24, 2.45) is 11.8 Å². The molecule has 1 unspecified atom stereocenters. The zero-order valence-corrected chi connectivity index (χ0v) is 10.9. The van der Waals surface area contributed by atoms with Gasteiger partial charge in [-0.05, 0) is 49.2 Å². The standard InChI is InChI=1S/C17H20N/c1-2-6-12(7-3-1)13-10-11-16-17(13)14-8-4-5-9-15(14)18-16/h4-5,8-9,12-13H,1-3,6-7,10-11H2. The summed E-state index contributed by atoms with van der Waals surface area (Å²) in [7, 11) is 0. The predicted octanol–water partition coefficient (Wildman–Crippen LogP) is 4.64. The molecule has 2 aliphatic carbocycles. The lowest BCUT2D eigenvalue weighted by atomic mass is 9.76. The fraction of sp³-hybridized carbons (Fsp3) is 0.529. The largest absolute Gasteiger partial charge is 0.253 e. The number of rotatable bonds is 1. The molecule has 93 valence electrons. The van der Waals surface area contributed by atoms with Crippen LogP contribution in [-0.2, 0) is 0 Å². The molecule has 1 heteroatoms. The van der Waals surface area contributed by atoms with Crippen LogP contribution in [0.4, 0.5) is 5.69 Å². The van der Waals surface area contributed by atoms with E-state index in [2.05, 4.69) is 24.3 Å². The van der Waals surface area contributed by atoms with Gasteiger partial charge >= 0.3 is 0 Å². The van der Waals surface area contributed by atoms with Gasteiger partial charge in [-0.1, -0.05) is 37.5 Å². The van der Waals surface area contributed by atoms with Crippen LogP contribution in [0, 0.1) is 11.8 Å². The van der Waals surface area contributed by atoms with Gasteiger partial charge in [0.2, 0.25) is 0 Å². The predicted molar refractivity (Wildman–Crippen MR) is 74.5 cm³/mol. The number of para-hydroxylation sites is 1. The summed E-state index contributed by atoms with van der Waals surface area (Å²) < 4.78 is 0. The van der Waals surface area contributed by atoms with Crippen LogP contribution in [0.1, 0.15) is 50.5 Å². The van der Waals surface area contributed by atoms with Gasteiger partial charge in [0.25, 0.3) is 0 Å². The first-order chi connectivity index (χ1) is 8.93. The van der Waals surface area contributed by atoms with Gasteiger partial charge in [-0.15, -0.1) is 0 Å². The Morgan fingerprint density at radius 1 is 0.944 bits per heavy atom. The van der Waals surface area contributed by atoms with Crippen molar-refractivity contribution < 1.29 is 0 Å². The Hall–Kier alpha value is -1.24. The van der Waals surface area contributed by atoms with Crippen molar-refractivity contribution in [3.63, 3.8) is 0 Å². The Kier molecular flexibility index (Phi) is 2.46. The molecule has 0 aromatic heterocycles. The third kappa shape index (κ3) is 1.53. The van der Waals surface area contributed by atoms with E-state index >= 15 is 0 Å². The summed E-state index contributed by atoms with van der Waals surface area (Å²) in [6.45, 7) is 0. The quantitative estimate of drug-likeness (QED) is 0.677. The van der Waals surface area contributed by atoms with E-state index in [0.717, 1.165) is 11.8 Å². The fourth-order valence-electron chi connectivity index (χ4n) is 4.21. The minimum atomic E-state index is 0.813. The Labute approximate surface area is 109 Å². The maximum Gasteiger partial charge on any atom is 0.0708 e. The molecular formula is C17H20N. The smallest absolute Gasteiger partial charge is 0.0708 e. The zero-order chi connectivity index (χ0) is 11.9. The van der Waals surface area contributed by atoms with Crippen LogP contribution in [0.5, 0.6) is 0 Å². The van der Waals surface area contributed by atoms with Gasteiger partial charge < -0.3 is 0 Å². The van der Waals surface area contributed by atoms with Crippen molar-refractivity contribution in [1.29, 1.82) is 0 Å². The lowest BCUT2D eigenvalue weighted by Gasteiger charge is -2.29. The summed E-state index contributed by atoms with van der Waals surface area (Å²) in [5, 5.41) is 4.84. The molecule has 0 spiro atoms. The first kappa shape index (κ1) is 10.7. The molecule has 1 radical (unpaired) electrons. The molecule has 0 saturated heterocycles. The van der Waals surface area contributed by atoms with Gasteiger partial charge in [0.15, 0.2) is 0 Å². The molecular weight excluding hydrogens is 218 g/mol. The van der Waals surface area contributed by atoms with E-state index in [4.69, 9.17) is 5.32 Å². The van der Waals surface area contributed by atoms with E-state index < -0.39 is 0 Å². The average molecular weight is 238 g/mol. The molecule has 1 heterocycles. The van der Waals surface area contributed by atoms with Gasteiger partial charge in [-0.3, -0.25) is 5.32 Å². The van der Waals surface area contributed by atoms with E-state index in [1.165, 1.54) is 61.9 Å². The molecule has 1 aromatic carbocycles. The number of hydrogen-bond acceptors (Lipinski definition) is 0. The Morgan fingerprint density at radius 2 is 1.78 bits per heavy atom. The Balaban J connectivity index is 1.68. The van der Waals surface area contributed by atoms with E-state index in [1.807, 2.05) is 0 Å². The number of allylic oxidation sites excluding steroid dienone is 2. The molecule has 3 aliphatic rings. The average Bonchev–Trinajstić information content (AvgIpc) is 2.98. The lowest BCUT2D eigenvalue weighted by molar-refractivity contribution is 0.289. The van der Waals surface area contributed by atoms with Crippen LogP contribution in [0.2, 0.25) is 0 Å². The summed E-state index contributed by atoms with van der Waals surface area (Å²) in [6, 6.07) is 8.73. The van der Waals surface area contributed by atoms with Gasteiger partial charge in [-0.2, -0.15) is 0 Å². The molecule has 0 N–H and O–H groups in total. The molecule has 1 aromatic rings. The van der Waals surface area contributed by atoms with Crippen molar-refractivity contribution in [3.8, 4) is 0 Å². The number of nitrogens with zero attached hydrogens (tertiary/aromatic N) is 1. The second-order valence-electron chi connectivity index (χ2n) is 6.03. The summed E-state index contributed by atoms with van der Waals surface area (Å²) in [4.78, 5) is 0. The summed E-state index contributed by atoms with van der Waals surface area (Å²) in [5.41, 5.74) is 5.70. The minimum absolute atomic E-state index is 0.813. The van der Waals surface area contributed by atoms with E-state index in [1.54, 1.807) is 5.57 Å². The third-order valence-electron chi connectivity index (χ3n) is 5.04. The van der Waals surface area contributed by atoms with Gasteiger partial charge in [0, 0.05) is 11.3 Å². The van der Waals surface area contributed by atoms with Crippen LogP contribution in [0.15, 0.2) is 30.0 Å². The molecule has 1 saturated carbocycles. The summed E-state index contributed by atoms with van der Waals surface area (Å²) in [6.07, 6.45) is 9.81. The minimum Gasteiger partial charge on any atom is -0.253 e. The highest BCUT2D eigenvalue weighted by molar-refractivity contribution is 5.84. The Morgan fingerprint density at radius 3 is 2.67 bits per heavy atom. The van der Waals surface area contributed by atoms with Gasteiger partial charge in [0.05, 0.1) is 5.69 Å². The van der Waals surface area contributed by atoms with Crippen molar-refractivity contribution in [2.45, 2.75) is 44.9 Å². The van der Waals surface area contributed by atoms with Crippen LogP contribution >= 0.6 is 0 Å². The van der Waals surface area contributed by atoms with Crippen LogP contribution in [0.3, 0.4) is 0 Å². The zero-order valence-electron chi connectivity index (χ0n) is 10.9. The molecule has 1 atom stereocenters. The van der Waals surface area contributed by atoms with Crippen LogP contribution < -0.4 is 5.32 Å². The number of benzene rings is 1. The highest BCUT2D eigenvalue weighted by Gasteiger charge is 2.37. The van der Waals surface area contributed by atoms with Crippen LogP contribution in [-0.4, -0.2) is 0 Å². The number of fused-ring (bicyclic) bond motifs is 2. The molecule has 4 rings (SSSR count). The number of hydrogen-bond donors (Lipinski definition) is 0. The maximum absolute atomic E-state index is 4.84. The topological polar surface area (TPSA) is 14.1 Å². The monoisotopic (exact) mass is 238 g/mol. The van der Waals surface area contributed by atoms with Gasteiger partial charge in [-0.25, -0.2) is 0 Å². The molecule has 1 aliphatic heterocycles.